The average molecular weight is 280 g/mol. The normalized spacial score (nSPS) is 25.6. The summed E-state index contributed by atoms with van der Waals surface area (Å²) in [6, 6.07) is 3.92. The summed E-state index contributed by atoms with van der Waals surface area (Å²) in [6.45, 7) is 4.36. The molecule has 3 N–H and O–H groups in total. The van der Waals surface area contributed by atoms with Gasteiger partial charge in [0.15, 0.2) is 11.5 Å². The van der Waals surface area contributed by atoms with Crippen molar-refractivity contribution in [1.29, 1.82) is 0 Å². The molecule has 1 fully saturated rings. The molecule has 0 bridgehead atoms. The number of fused-ring (bicyclic) bond motifs is 1. The van der Waals surface area contributed by atoms with E-state index >= 15 is 0 Å². The Balaban J connectivity index is 1.92. The number of aliphatic hydroxyl groups is 1. The Labute approximate surface area is 118 Å². The summed E-state index contributed by atoms with van der Waals surface area (Å²) in [7, 11) is 0. The topological polar surface area (TPSA) is 77.2 Å². The third kappa shape index (κ3) is 2.36. The van der Waals surface area contributed by atoms with Crippen molar-refractivity contribution in [3.8, 4) is 11.5 Å². The van der Waals surface area contributed by atoms with Gasteiger partial charge in [0.25, 0.3) is 0 Å². The zero-order valence-electron chi connectivity index (χ0n) is 11.5. The van der Waals surface area contributed by atoms with Crippen LogP contribution >= 0.6 is 0 Å². The number of ether oxygens (including phenoxy) is 3. The maximum absolute atomic E-state index is 9.28. The van der Waals surface area contributed by atoms with Crippen LogP contribution in [0.3, 0.4) is 0 Å². The summed E-state index contributed by atoms with van der Waals surface area (Å²) in [5, 5.41) is 9.28. The second-order valence-corrected chi connectivity index (χ2v) is 5.19. The van der Waals surface area contributed by atoms with Gasteiger partial charge >= 0.3 is 0 Å². The lowest BCUT2D eigenvalue weighted by Crippen LogP contribution is -2.49. The largest absolute Gasteiger partial charge is 0.486 e. The van der Waals surface area contributed by atoms with E-state index in [1.807, 2.05) is 6.07 Å². The molecule has 1 saturated heterocycles. The predicted octanol–water partition coefficient (Wildman–Crippen LogP) is 0.626. The summed E-state index contributed by atoms with van der Waals surface area (Å²) >= 11 is 0. The molecule has 6 heteroatoms. The molecular weight excluding hydrogens is 260 g/mol. The molecule has 1 aromatic rings. The number of hydrogen-bond donors (Lipinski definition) is 2. The van der Waals surface area contributed by atoms with Gasteiger partial charge in [0.2, 0.25) is 0 Å². The number of nitrogens with two attached hydrogens (primary N) is 1. The van der Waals surface area contributed by atoms with E-state index in [9.17, 15) is 5.11 Å². The molecule has 6 nitrogen and oxygen atoms in total. The van der Waals surface area contributed by atoms with Crippen LogP contribution in [0.25, 0.3) is 0 Å². The fourth-order valence-electron chi connectivity index (χ4n) is 2.61. The molecular formula is C14H20N2O4. The number of morpholine rings is 1. The van der Waals surface area contributed by atoms with Crippen LogP contribution in [0.4, 0.5) is 11.4 Å². The van der Waals surface area contributed by atoms with Crippen molar-refractivity contribution in [3.05, 3.63) is 12.1 Å². The van der Waals surface area contributed by atoms with Crippen LogP contribution in [-0.2, 0) is 4.74 Å². The highest BCUT2D eigenvalue weighted by Gasteiger charge is 2.28. The van der Waals surface area contributed by atoms with Crippen LogP contribution in [0.2, 0.25) is 0 Å². The van der Waals surface area contributed by atoms with E-state index < -0.39 is 0 Å². The van der Waals surface area contributed by atoms with Gasteiger partial charge in [0, 0.05) is 24.7 Å². The highest BCUT2D eigenvalue weighted by molar-refractivity contribution is 5.73. The van der Waals surface area contributed by atoms with E-state index in [2.05, 4.69) is 11.8 Å². The first-order valence-electron chi connectivity index (χ1n) is 6.87. The van der Waals surface area contributed by atoms with E-state index in [0.29, 0.717) is 37.8 Å². The molecule has 1 aromatic carbocycles. The molecule has 110 valence electrons. The number of hydrogen-bond acceptors (Lipinski definition) is 6. The minimum Gasteiger partial charge on any atom is -0.486 e. The average Bonchev–Trinajstić information content (AvgIpc) is 2.47. The van der Waals surface area contributed by atoms with E-state index in [4.69, 9.17) is 19.9 Å². The van der Waals surface area contributed by atoms with Gasteiger partial charge < -0.3 is 30.0 Å². The van der Waals surface area contributed by atoms with E-state index in [1.54, 1.807) is 6.07 Å². The Morgan fingerprint density at radius 3 is 2.70 bits per heavy atom. The van der Waals surface area contributed by atoms with Crippen molar-refractivity contribution in [2.75, 3.05) is 43.6 Å². The molecule has 2 atom stereocenters. The Bertz CT molecular complexity index is 494. The number of rotatable bonds is 2. The number of nitrogen functional groups attached to an aromatic ring is 1. The first kappa shape index (κ1) is 13.3. The Morgan fingerprint density at radius 2 is 2.00 bits per heavy atom. The van der Waals surface area contributed by atoms with E-state index in [0.717, 1.165) is 11.4 Å². The molecule has 2 unspecified atom stereocenters. The number of benzene rings is 1. The van der Waals surface area contributed by atoms with Gasteiger partial charge in [-0.3, -0.25) is 0 Å². The molecule has 0 saturated carbocycles. The fraction of sp³-hybridized carbons (Fsp3) is 0.571. The second-order valence-electron chi connectivity index (χ2n) is 5.19. The lowest BCUT2D eigenvalue weighted by Gasteiger charge is -2.40. The third-order valence-electron chi connectivity index (χ3n) is 3.71. The lowest BCUT2D eigenvalue weighted by atomic mass is 10.1. The first-order chi connectivity index (χ1) is 9.69. The van der Waals surface area contributed by atoms with Crippen molar-refractivity contribution in [2.24, 2.45) is 0 Å². The third-order valence-corrected chi connectivity index (χ3v) is 3.71. The molecule has 0 amide bonds. The minimum absolute atomic E-state index is 0.00762. The highest BCUT2D eigenvalue weighted by Crippen LogP contribution is 2.39. The zero-order valence-corrected chi connectivity index (χ0v) is 11.5. The van der Waals surface area contributed by atoms with Crippen LogP contribution in [0.15, 0.2) is 12.1 Å². The van der Waals surface area contributed by atoms with Crippen LogP contribution in [0.5, 0.6) is 11.5 Å². The van der Waals surface area contributed by atoms with Gasteiger partial charge in [-0.15, -0.1) is 0 Å². The van der Waals surface area contributed by atoms with Crippen molar-refractivity contribution in [3.63, 3.8) is 0 Å². The van der Waals surface area contributed by atoms with Crippen molar-refractivity contribution in [1.82, 2.24) is 0 Å². The second kappa shape index (κ2) is 5.38. The van der Waals surface area contributed by atoms with Crippen LogP contribution < -0.4 is 20.1 Å². The molecule has 2 aliphatic rings. The summed E-state index contributed by atoms with van der Waals surface area (Å²) in [5.41, 5.74) is 7.70. The number of aliphatic hydroxyl groups excluding tert-OH is 1. The number of anilines is 2. The van der Waals surface area contributed by atoms with E-state index in [-0.39, 0.29) is 18.8 Å². The minimum atomic E-state index is -0.182. The van der Waals surface area contributed by atoms with Gasteiger partial charge in [-0.1, -0.05) is 0 Å². The predicted molar refractivity (Wildman–Crippen MR) is 75.5 cm³/mol. The molecule has 0 aliphatic carbocycles. The zero-order chi connectivity index (χ0) is 14.1. The van der Waals surface area contributed by atoms with Crippen molar-refractivity contribution < 1.29 is 19.3 Å². The Morgan fingerprint density at radius 1 is 1.30 bits per heavy atom. The summed E-state index contributed by atoms with van der Waals surface area (Å²) in [6.07, 6.45) is -0.182. The Kier molecular flexibility index (Phi) is 3.58. The quantitative estimate of drug-likeness (QED) is 0.774. The van der Waals surface area contributed by atoms with Crippen molar-refractivity contribution >= 4 is 11.4 Å². The van der Waals surface area contributed by atoms with Gasteiger partial charge in [-0.05, 0) is 6.92 Å². The van der Waals surface area contributed by atoms with Crippen molar-refractivity contribution in [2.45, 2.75) is 19.1 Å². The number of nitrogens with zero attached hydrogens (tertiary/aromatic N) is 1. The van der Waals surface area contributed by atoms with Gasteiger partial charge in [-0.25, -0.2) is 0 Å². The SMILES string of the molecule is CC1COC(CO)CN1c1cc2c(cc1N)OCCO2. The summed E-state index contributed by atoms with van der Waals surface area (Å²) < 4.78 is 16.7. The molecule has 20 heavy (non-hydrogen) atoms. The van der Waals surface area contributed by atoms with Gasteiger partial charge in [0.1, 0.15) is 13.2 Å². The lowest BCUT2D eigenvalue weighted by molar-refractivity contribution is -0.0103. The molecule has 0 aromatic heterocycles. The smallest absolute Gasteiger partial charge is 0.163 e. The Hall–Kier alpha value is -1.66. The van der Waals surface area contributed by atoms with Crippen LogP contribution in [0.1, 0.15) is 6.92 Å². The fourth-order valence-corrected chi connectivity index (χ4v) is 2.61. The highest BCUT2D eigenvalue weighted by atomic mass is 16.6. The van der Waals surface area contributed by atoms with Gasteiger partial charge in [-0.2, -0.15) is 0 Å². The summed E-state index contributed by atoms with van der Waals surface area (Å²) in [4.78, 5) is 2.15. The molecule has 0 radical (unpaired) electrons. The molecule has 2 heterocycles. The van der Waals surface area contributed by atoms with Gasteiger partial charge in [0.05, 0.1) is 30.7 Å². The summed E-state index contributed by atoms with van der Waals surface area (Å²) in [5.74, 6) is 1.41. The standard InChI is InChI=1S/C14H20N2O4/c1-9-8-20-10(7-17)6-16(9)12-5-14-13(4-11(12)15)18-2-3-19-14/h4-5,9-10,17H,2-3,6-8,15H2,1H3. The van der Waals surface area contributed by atoms with Crippen LogP contribution in [0, 0.1) is 0 Å². The molecule has 0 spiro atoms. The monoisotopic (exact) mass is 280 g/mol. The maximum atomic E-state index is 9.28. The molecule has 3 rings (SSSR count). The van der Waals surface area contributed by atoms with Crippen LogP contribution in [-0.4, -0.2) is 50.2 Å². The first-order valence-corrected chi connectivity index (χ1v) is 6.87. The molecule has 2 aliphatic heterocycles. The van der Waals surface area contributed by atoms with E-state index in [1.165, 1.54) is 0 Å². The maximum Gasteiger partial charge on any atom is 0.163 e.